The van der Waals surface area contributed by atoms with Gasteiger partial charge in [0.1, 0.15) is 0 Å². The molecule has 2 aromatic heterocycles. The number of nitrogens with one attached hydrogen (secondary N) is 1. The highest BCUT2D eigenvalue weighted by Gasteiger charge is 2.28. The Hall–Kier alpha value is -1.74. The molecule has 0 aromatic carbocycles. The van der Waals surface area contributed by atoms with Crippen molar-refractivity contribution in [2.75, 3.05) is 6.54 Å². The Morgan fingerprint density at radius 1 is 0.947 bits per heavy atom. The second kappa shape index (κ2) is 5.93. The first-order chi connectivity index (χ1) is 9.45. The van der Waals surface area contributed by atoms with Crippen LogP contribution in [-0.2, 0) is 0 Å². The van der Waals surface area contributed by atoms with Crippen molar-refractivity contribution in [1.82, 2.24) is 15.3 Å². The van der Waals surface area contributed by atoms with Crippen molar-refractivity contribution >= 4 is 0 Å². The van der Waals surface area contributed by atoms with Crippen molar-refractivity contribution in [3.05, 3.63) is 66.1 Å². The van der Waals surface area contributed by atoms with Crippen LogP contribution in [0.1, 0.15) is 30.7 Å². The summed E-state index contributed by atoms with van der Waals surface area (Å²) in [5.74, 6) is 1.22. The molecule has 1 unspecified atom stereocenters. The minimum absolute atomic E-state index is 0.360. The van der Waals surface area contributed by atoms with Gasteiger partial charge in [0, 0.05) is 18.4 Å². The molecule has 97 valence electrons. The number of hydrogen-bond donors (Lipinski definition) is 1. The van der Waals surface area contributed by atoms with E-state index in [1.165, 1.54) is 18.8 Å². The van der Waals surface area contributed by atoms with Crippen molar-refractivity contribution in [2.45, 2.75) is 25.3 Å². The molecular formula is C16H18N3. The molecule has 2 aromatic rings. The van der Waals surface area contributed by atoms with E-state index in [9.17, 15) is 0 Å². The molecule has 1 aliphatic heterocycles. The van der Waals surface area contributed by atoms with Gasteiger partial charge < -0.3 is 5.32 Å². The summed E-state index contributed by atoms with van der Waals surface area (Å²) in [4.78, 5) is 9.03. The molecule has 1 fully saturated rings. The number of aromatic nitrogens is 2. The zero-order valence-corrected chi connectivity index (χ0v) is 10.9. The quantitative estimate of drug-likeness (QED) is 0.912. The summed E-state index contributed by atoms with van der Waals surface area (Å²) < 4.78 is 0. The number of nitrogens with zero attached hydrogens (tertiary/aromatic N) is 2. The van der Waals surface area contributed by atoms with Crippen LogP contribution in [0.15, 0.2) is 48.8 Å². The Balaban J connectivity index is 1.96. The molecule has 1 saturated heterocycles. The van der Waals surface area contributed by atoms with Gasteiger partial charge in [0.05, 0.1) is 17.3 Å². The van der Waals surface area contributed by atoms with Crippen LogP contribution in [0.4, 0.5) is 0 Å². The van der Waals surface area contributed by atoms with Gasteiger partial charge in [-0.1, -0.05) is 18.6 Å². The molecule has 0 bridgehead atoms. The van der Waals surface area contributed by atoms with Gasteiger partial charge in [-0.05, 0) is 43.7 Å². The zero-order chi connectivity index (χ0) is 12.9. The van der Waals surface area contributed by atoms with Crippen molar-refractivity contribution in [3.63, 3.8) is 0 Å². The fourth-order valence-corrected chi connectivity index (χ4v) is 2.63. The van der Waals surface area contributed by atoms with Crippen LogP contribution in [-0.4, -0.2) is 22.6 Å². The molecular weight excluding hydrogens is 234 g/mol. The summed E-state index contributed by atoms with van der Waals surface area (Å²) in [5.41, 5.74) is 2.06. The molecule has 3 heterocycles. The molecule has 1 N–H and O–H groups in total. The predicted molar refractivity (Wildman–Crippen MR) is 75.6 cm³/mol. The second-order valence-corrected chi connectivity index (χ2v) is 4.85. The van der Waals surface area contributed by atoms with Crippen LogP contribution < -0.4 is 5.32 Å². The molecule has 1 aliphatic rings. The maximum Gasteiger partial charge on any atom is 0.0882 e. The van der Waals surface area contributed by atoms with Crippen LogP contribution in [0, 0.1) is 5.92 Å². The molecule has 19 heavy (non-hydrogen) atoms. The topological polar surface area (TPSA) is 37.8 Å². The van der Waals surface area contributed by atoms with Gasteiger partial charge in [0.15, 0.2) is 0 Å². The van der Waals surface area contributed by atoms with Crippen LogP contribution in [0.5, 0.6) is 0 Å². The van der Waals surface area contributed by atoms with Gasteiger partial charge in [-0.15, -0.1) is 0 Å². The van der Waals surface area contributed by atoms with Crippen LogP contribution in [0.3, 0.4) is 0 Å². The number of piperidine rings is 1. The van der Waals surface area contributed by atoms with Crippen LogP contribution in [0.25, 0.3) is 0 Å². The van der Waals surface area contributed by atoms with Gasteiger partial charge in [-0.2, -0.15) is 0 Å². The van der Waals surface area contributed by atoms with Crippen LogP contribution >= 0.6 is 0 Å². The third-order valence-corrected chi connectivity index (χ3v) is 3.54. The lowest BCUT2D eigenvalue weighted by Crippen LogP contribution is -2.40. The summed E-state index contributed by atoms with van der Waals surface area (Å²) >= 11 is 0. The van der Waals surface area contributed by atoms with E-state index in [4.69, 9.17) is 0 Å². The van der Waals surface area contributed by atoms with Crippen molar-refractivity contribution in [2.24, 2.45) is 0 Å². The molecule has 0 spiro atoms. The largest absolute Gasteiger partial charge is 0.313 e. The Kier molecular flexibility index (Phi) is 3.84. The van der Waals surface area contributed by atoms with E-state index in [1.807, 2.05) is 36.7 Å². The predicted octanol–water partition coefficient (Wildman–Crippen LogP) is 2.59. The number of rotatable bonds is 3. The molecule has 0 saturated carbocycles. The van der Waals surface area contributed by atoms with E-state index in [0.29, 0.717) is 6.04 Å². The SMILES string of the molecule is c1ccc([C](c2ccccn2)C2CCCCN2)nc1. The highest BCUT2D eigenvalue weighted by Crippen LogP contribution is 2.28. The minimum atomic E-state index is 0.360. The molecule has 3 nitrogen and oxygen atoms in total. The second-order valence-electron chi connectivity index (χ2n) is 4.85. The van der Waals surface area contributed by atoms with Crippen molar-refractivity contribution in [1.29, 1.82) is 0 Å². The number of pyridine rings is 2. The summed E-state index contributed by atoms with van der Waals surface area (Å²) in [6, 6.07) is 12.5. The number of hydrogen-bond acceptors (Lipinski definition) is 3. The molecule has 0 aliphatic carbocycles. The van der Waals surface area contributed by atoms with Crippen molar-refractivity contribution in [3.8, 4) is 0 Å². The lowest BCUT2D eigenvalue weighted by Gasteiger charge is -2.30. The average Bonchev–Trinajstić information content (AvgIpc) is 2.51. The normalized spacial score (nSPS) is 19.5. The lowest BCUT2D eigenvalue weighted by molar-refractivity contribution is 0.420. The highest BCUT2D eigenvalue weighted by atomic mass is 14.9. The van der Waals surface area contributed by atoms with E-state index >= 15 is 0 Å². The lowest BCUT2D eigenvalue weighted by atomic mass is 9.86. The first-order valence-corrected chi connectivity index (χ1v) is 6.88. The molecule has 3 heteroatoms. The standard InChI is InChI=1S/C16H18N3/c1-4-10-17-13(7-1)16(14-8-2-5-11-18-14)15-9-3-6-12-19-15/h1-2,4-5,7-8,10-11,15,19H,3,6,9,12H2. The van der Waals surface area contributed by atoms with Gasteiger partial charge in [-0.25, -0.2) is 0 Å². The highest BCUT2D eigenvalue weighted by molar-refractivity contribution is 5.41. The van der Waals surface area contributed by atoms with Crippen molar-refractivity contribution < 1.29 is 0 Å². The maximum atomic E-state index is 4.51. The fourth-order valence-electron chi connectivity index (χ4n) is 2.63. The Labute approximate surface area is 114 Å². The van der Waals surface area contributed by atoms with E-state index in [0.717, 1.165) is 24.4 Å². The zero-order valence-electron chi connectivity index (χ0n) is 10.9. The minimum Gasteiger partial charge on any atom is -0.313 e. The Morgan fingerprint density at radius 3 is 2.11 bits per heavy atom. The summed E-state index contributed by atoms with van der Waals surface area (Å²) in [7, 11) is 0. The van der Waals surface area contributed by atoms with Gasteiger partial charge in [0.25, 0.3) is 0 Å². The smallest absolute Gasteiger partial charge is 0.0882 e. The first-order valence-electron chi connectivity index (χ1n) is 6.88. The molecule has 1 radical (unpaired) electrons. The Morgan fingerprint density at radius 2 is 1.63 bits per heavy atom. The Bertz CT molecular complexity index is 452. The third kappa shape index (κ3) is 2.82. The summed E-state index contributed by atoms with van der Waals surface area (Å²) in [6.07, 6.45) is 7.37. The van der Waals surface area contributed by atoms with Gasteiger partial charge >= 0.3 is 0 Å². The monoisotopic (exact) mass is 252 g/mol. The summed E-state index contributed by atoms with van der Waals surface area (Å²) in [6.45, 7) is 1.08. The van der Waals surface area contributed by atoms with E-state index in [-0.39, 0.29) is 0 Å². The van der Waals surface area contributed by atoms with E-state index < -0.39 is 0 Å². The van der Waals surface area contributed by atoms with E-state index in [1.54, 1.807) is 0 Å². The average molecular weight is 252 g/mol. The summed E-state index contributed by atoms with van der Waals surface area (Å²) in [5, 5.41) is 3.60. The van der Waals surface area contributed by atoms with Gasteiger partial charge in [-0.3, -0.25) is 9.97 Å². The maximum absolute atomic E-state index is 4.51. The fraction of sp³-hybridized carbons (Fsp3) is 0.312. The molecule has 0 amide bonds. The molecule has 1 atom stereocenters. The van der Waals surface area contributed by atoms with Gasteiger partial charge in [0.2, 0.25) is 0 Å². The van der Waals surface area contributed by atoms with E-state index in [2.05, 4.69) is 27.4 Å². The third-order valence-electron chi connectivity index (χ3n) is 3.54. The van der Waals surface area contributed by atoms with Crippen LogP contribution in [0.2, 0.25) is 0 Å². The molecule has 3 rings (SSSR count). The first kappa shape index (κ1) is 12.3.